The lowest BCUT2D eigenvalue weighted by Crippen LogP contribution is -2.52. The third-order valence-corrected chi connectivity index (χ3v) is 8.71. The Kier molecular flexibility index (Phi) is 10.6. The van der Waals surface area contributed by atoms with Crippen LogP contribution in [0, 0.1) is 5.82 Å². The summed E-state index contributed by atoms with van der Waals surface area (Å²) in [7, 11) is -4.31. The van der Waals surface area contributed by atoms with E-state index in [0.717, 1.165) is 16.4 Å². The van der Waals surface area contributed by atoms with Gasteiger partial charge in [-0.15, -0.1) is 0 Å². The maximum Gasteiger partial charge on any atom is 0.264 e. The number of nitrogens with one attached hydrogen (secondary N) is 1. The van der Waals surface area contributed by atoms with Gasteiger partial charge in [0, 0.05) is 28.7 Å². The van der Waals surface area contributed by atoms with Crippen molar-refractivity contribution in [3.8, 4) is 0 Å². The highest BCUT2D eigenvalue weighted by molar-refractivity contribution is 7.92. The van der Waals surface area contributed by atoms with E-state index in [-0.39, 0.29) is 38.6 Å². The maximum atomic E-state index is 14.0. The zero-order valence-corrected chi connectivity index (χ0v) is 24.3. The van der Waals surface area contributed by atoms with Gasteiger partial charge in [-0.3, -0.25) is 13.9 Å². The van der Waals surface area contributed by atoms with Gasteiger partial charge >= 0.3 is 0 Å². The van der Waals surface area contributed by atoms with Crippen molar-refractivity contribution in [3.63, 3.8) is 0 Å². The van der Waals surface area contributed by atoms with Gasteiger partial charge in [0.2, 0.25) is 11.8 Å². The topological polar surface area (TPSA) is 86.8 Å². The summed E-state index contributed by atoms with van der Waals surface area (Å²) in [5, 5.41) is 2.96. The molecule has 0 aromatic heterocycles. The van der Waals surface area contributed by atoms with Crippen molar-refractivity contribution in [3.05, 3.63) is 93.2 Å². The van der Waals surface area contributed by atoms with Crippen LogP contribution in [-0.4, -0.2) is 44.3 Å². The van der Waals surface area contributed by atoms with E-state index < -0.39 is 40.2 Å². The summed E-state index contributed by atoms with van der Waals surface area (Å²) in [4.78, 5) is 28.1. The Labute approximate surface area is 242 Å². The SMILES string of the molecule is CCNC(=O)[C@H](CC)N(Cc1c(Cl)cccc1Cl)C(=O)CN(c1ccc(F)c(Cl)c1)S(=O)(=O)c1ccccc1. The minimum Gasteiger partial charge on any atom is -0.355 e. The number of sulfonamides is 1. The van der Waals surface area contributed by atoms with Gasteiger partial charge in [-0.2, -0.15) is 0 Å². The standard InChI is InChI=1S/C27H27Cl3FN3O4S/c1-3-25(27(36)32-4-2)33(16-20-21(28)11-8-12-22(20)29)26(35)17-34(18-13-14-24(31)23(30)15-18)39(37,38)19-9-6-5-7-10-19/h5-15,25H,3-4,16-17H2,1-2H3,(H,32,36)/t25-/m0/s1. The first-order valence-corrected chi connectivity index (χ1v) is 14.6. The summed E-state index contributed by atoms with van der Waals surface area (Å²) in [5.74, 6) is -1.87. The Hall–Kier alpha value is -2.85. The highest BCUT2D eigenvalue weighted by Gasteiger charge is 2.34. The molecule has 3 aromatic rings. The number of carbonyl (C=O) groups excluding carboxylic acids is 2. The average Bonchev–Trinajstić information content (AvgIpc) is 2.91. The summed E-state index contributed by atoms with van der Waals surface area (Å²) in [6.45, 7) is 2.93. The number of likely N-dealkylation sites (N-methyl/N-ethyl adjacent to an activating group) is 1. The van der Waals surface area contributed by atoms with E-state index in [9.17, 15) is 22.4 Å². The van der Waals surface area contributed by atoms with Crippen molar-refractivity contribution in [1.29, 1.82) is 0 Å². The average molecular weight is 615 g/mol. The monoisotopic (exact) mass is 613 g/mol. The zero-order valence-electron chi connectivity index (χ0n) is 21.2. The van der Waals surface area contributed by atoms with E-state index in [4.69, 9.17) is 34.8 Å². The molecule has 0 saturated heterocycles. The summed E-state index contributed by atoms with van der Waals surface area (Å²) >= 11 is 18.7. The largest absolute Gasteiger partial charge is 0.355 e. The number of carbonyl (C=O) groups is 2. The van der Waals surface area contributed by atoms with Gasteiger partial charge in [-0.1, -0.05) is 66.0 Å². The predicted octanol–water partition coefficient (Wildman–Crippen LogP) is 5.92. The van der Waals surface area contributed by atoms with E-state index in [0.29, 0.717) is 12.1 Å². The Morgan fingerprint density at radius 1 is 0.923 bits per heavy atom. The first-order valence-electron chi connectivity index (χ1n) is 12.0. The lowest BCUT2D eigenvalue weighted by molar-refractivity contribution is -0.140. The van der Waals surface area contributed by atoms with Crippen molar-refractivity contribution < 1.29 is 22.4 Å². The van der Waals surface area contributed by atoms with Crippen LogP contribution in [0.25, 0.3) is 0 Å². The zero-order chi connectivity index (χ0) is 28.7. The number of anilines is 1. The van der Waals surface area contributed by atoms with Crippen molar-refractivity contribution in [2.75, 3.05) is 17.4 Å². The molecule has 0 radical (unpaired) electrons. The molecule has 0 heterocycles. The fraction of sp³-hybridized carbons (Fsp3) is 0.259. The van der Waals surface area contributed by atoms with Crippen LogP contribution in [0.2, 0.25) is 15.1 Å². The minimum absolute atomic E-state index is 0.0274. The molecule has 2 amide bonds. The van der Waals surface area contributed by atoms with E-state index >= 15 is 0 Å². The molecular formula is C27H27Cl3FN3O4S. The fourth-order valence-electron chi connectivity index (χ4n) is 3.95. The molecule has 3 aromatic carbocycles. The Morgan fingerprint density at radius 3 is 2.13 bits per heavy atom. The smallest absolute Gasteiger partial charge is 0.264 e. The minimum atomic E-state index is -4.31. The molecule has 0 unspecified atom stereocenters. The first-order chi connectivity index (χ1) is 18.5. The number of halogens is 4. The summed E-state index contributed by atoms with van der Waals surface area (Å²) in [6, 6.07) is 14.7. The molecule has 7 nitrogen and oxygen atoms in total. The van der Waals surface area contributed by atoms with Crippen molar-refractivity contribution >= 4 is 62.3 Å². The number of rotatable bonds is 11. The molecule has 12 heteroatoms. The summed E-state index contributed by atoms with van der Waals surface area (Å²) in [6.07, 6.45) is 0.230. The Balaban J connectivity index is 2.11. The highest BCUT2D eigenvalue weighted by atomic mass is 35.5. The van der Waals surface area contributed by atoms with Gasteiger partial charge in [-0.05, 0) is 55.8 Å². The second kappa shape index (κ2) is 13.5. The van der Waals surface area contributed by atoms with Crippen LogP contribution in [0.1, 0.15) is 25.8 Å². The van der Waals surface area contributed by atoms with Gasteiger partial charge in [0.1, 0.15) is 18.4 Å². The third kappa shape index (κ3) is 7.22. The van der Waals surface area contributed by atoms with Crippen molar-refractivity contribution in [2.45, 2.75) is 37.8 Å². The third-order valence-electron chi connectivity index (χ3n) is 5.93. The van der Waals surface area contributed by atoms with Gasteiger partial charge in [-0.25, -0.2) is 12.8 Å². The van der Waals surface area contributed by atoms with Gasteiger partial charge in [0.05, 0.1) is 15.6 Å². The molecule has 0 saturated carbocycles. The van der Waals surface area contributed by atoms with Crippen LogP contribution in [-0.2, 0) is 26.2 Å². The molecular weight excluding hydrogens is 588 g/mol. The van der Waals surface area contributed by atoms with Crippen LogP contribution in [0.4, 0.5) is 10.1 Å². The van der Waals surface area contributed by atoms with Crippen LogP contribution in [0.5, 0.6) is 0 Å². The van der Waals surface area contributed by atoms with Crippen LogP contribution in [0.15, 0.2) is 71.6 Å². The van der Waals surface area contributed by atoms with Crippen LogP contribution < -0.4 is 9.62 Å². The fourth-order valence-corrected chi connectivity index (χ4v) is 6.07. The number of amides is 2. The molecule has 0 spiro atoms. The first kappa shape index (κ1) is 30.7. The number of benzene rings is 3. The van der Waals surface area contributed by atoms with Gasteiger partial charge < -0.3 is 10.2 Å². The van der Waals surface area contributed by atoms with E-state index in [1.165, 1.54) is 23.1 Å². The Bertz CT molecular complexity index is 1420. The Morgan fingerprint density at radius 2 is 1.56 bits per heavy atom. The number of hydrogen-bond acceptors (Lipinski definition) is 4. The lowest BCUT2D eigenvalue weighted by Gasteiger charge is -2.33. The van der Waals surface area contributed by atoms with E-state index in [1.54, 1.807) is 50.2 Å². The summed E-state index contributed by atoms with van der Waals surface area (Å²) < 4.78 is 42.2. The van der Waals surface area contributed by atoms with Crippen molar-refractivity contribution in [1.82, 2.24) is 10.2 Å². The molecule has 39 heavy (non-hydrogen) atoms. The van der Waals surface area contributed by atoms with Crippen LogP contribution in [0.3, 0.4) is 0 Å². The van der Waals surface area contributed by atoms with Crippen LogP contribution >= 0.6 is 34.8 Å². The molecule has 0 aliphatic carbocycles. The van der Waals surface area contributed by atoms with Crippen molar-refractivity contribution in [2.24, 2.45) is 0 Å². The second-order valence-electron chi connectivity index (χ2n) is 8.46. The molecule has 3 rings (SSSR count). The quantitative estimate of drug-likeness (QED) is 0.290. The molecule has 1 atom stereocenters. The van der Waals surface area contributed by atoms with E-state index in [1.807, 2.05) is 0 Å². The molecule has 208 valence electrons. The molecule has 0 fully saturated rings. The van der Waals surface area contributed by atoms with Gasteiger partial charge in [0.25, 0.3) is 10.0 Å². The molecule has 1 N–H and O–H groups in total. The lowest BCUT2D eigenvalue weighted by atomic mass is 10.1. The second-order valence-corrected chi connectivity index (χ2v) is 11.5. The normalized spacial score (nSPS) is 12.1. The number of nitrogens with zero attached hydrogens (tertiary/aromatic N) is 2. The van der Waals surface area contributed by atoms with Gasteiger partial charge in [0.15, 0.2) is 0 Å². The van der Waals surface area contributed by atoms with E-state index in [2.05, 4.69) is 5.32 Å². The highest BCUT2D eigenvalue weighted by Crippen LogP contribution is 2.30. The molecule has 0 aliphatic rings. The maximum absolute atomic E-state index is 14.0. The predicted molar refractivity (Wildman–Crippen MR) is 152 cm³/mol. The molecule has 0 bridgehead atoms. The molecule has 0 aliphatic heterocycles. The summed E-state index contributed by atoms with van der Waals surface area (Å²) in [5.41, 5.74) is 0.375. The number of hydrogen-bond donors (Lipinski definition) is 1.